The van der Waals surface area contributed by atoms with Crippen LogP contribution in [0.1, 0.15) is 52.5 Å². The summed E-state index contributed by atoms with van der Waals surface area (Å²) < 4.78 is 13.6. The lowest BCUT2D eigenvalue weighted by Gasteiger charge is -2.44. The summed E-state index contributed by atoms with van der Waals surface area (Å²) in [5.41, 5.74) is 1.01. The summed E-state index contributed by atoms with van der Waals surface area (Å²) in [6, 6.07) is 10.2. The van der Waals surface area contributed by atoms with Crippen molar-refractivity contribution in [2.45, 2.75) is 59.5 Å². The van der Waals surface area contributed by atoms with E-state index in [-0.39, 0.29) is 11.5 Å². The Hall–Kier alpha value is -0.770. The first-order chi connectivity index (χ1) is 11.9. The second kappa shape index (κ2) is 9.25. The fourth-order valence-corrected chi connectivity index (χ4v) is 5.16. The average Bonchev–Trinajstić information content (AvgIpc) is 2.60. The first kappa shape index (κ1) is 20.5. The van der Waals surface area contributed by atoms with Gasteiger partial charge in [0.15, 0.2) is 0 Å². The molecule has 1 fully saturated rings. The molecule has 1 unspecified atom stereocenters. The van der Waals surface area contributed by atoms with E-state index in [0.29, 0.717) is 19.8 Å². The number of unbranched alkanes of at least 4 members (excludes halogenated alkanes) is 1. The second-order valence-corrected chi connectivity index (χ2v) is 9.47. The molecule has 0 saturated carbocycles. The first-order valence-electron chi connectivity index (χ1n) is 9.23. The summed E-state index contributed by atoms with van der Waals surface area (Å²) >= 11 is 0. The third kappa shape index (κ3) is 5.87. The van der Waals surface area contributed by atoms with E-state index in [2.05, 4.69) is 39.0 Å². The zero-order chi connectivity index (χ0) is 18.3. The van der Waals surface area contributed by atoms with Gasteiger partial charge in [-0.15, -0.1) is 4.67 Å². The Morgan fingerprint density at radius 2 is 1.88 bits per heavy atom. The Labute approximate surface area is 153 Å². The quantitative estimate of drug-likeness (QED) is 0.493. The number of rotatable bonds is 8. The molecule has 1 saturated heterocycles. The van der Waals surface area contributed by atoms with Crippen LogP contribution in [0.15, 0.2) is 42.5 Å². The Morgan fingerprint density at radius 3 is 2.44 bits per heavy atom. The van der Waals surface area contributed by atoms with Gasteiger partial charge in [-0.3, -0.25) is 0 Å². The highest BCUT2D eigenvalue weighted by Gasteiger charge is 2.48. The molecule has 0 bridgehead atoms. The van der Waals surface area contributed by atoms with Crippen molar-refractivity contribution in [1.29, 1.82) is 0 Å². The van der Waals surface area contributed by atoms with Crippen molar-refractivity contribution >= 4 is 8.09 Å². The molecule has 1 atom stereocenters. The normalized spacial score (nSPS) is 20.9. The van der Waals surface area contributed by atoms with Crippen LogP contribution in [0.4, 0.5) is 0 Å². The van der Waals surface area contributed by atoms with E-state index in [1.165, 1.54) is 0 Å². The van der Waals surface area contributed by atoms with Crippen LogP contribution in [0, 0.1) is 5.41 Å². The van der Waals surface area contributed by atoms with Crippen LogP contribution < -0.4 is 4.89 Å². The van der Waals surface area contributed by atoms with E-state index in [4.69, 9.17) is 9.05 Å². The largest absolute Gasteiger partial charge is 0.616 e. The number of nitrogens with zero attached hydrogens (tertiary/aromatic N) is 1. The van der Waals surface area contributed by atoms with Crippen molar-refractivity contribution in [2.75, 3.05) is 13.2 Å². The van der Waals surface area contributed by atoms with E-state index in [9.17, 15) is 4.89 Å². The fourth-order valence-electron chi connectivity index (χ4n) is 2.88. The van der Waals surface area contributed by atoms with Crippen molar-refractivity contribution in [2.24, 2.45) is 5.41 Å². The number of hydrogen-bond acceptors (Lipinski definition) is 4. The van der Waals surface area contributed by atoms with E-state index < -0.39 is 8.09 Å². The predicted octanol–water partition coefficient (Wildman–Crippen LogP) is 4.73. The summed E-state index contributed by atoms with van der Waals surface area (Å²) in [6.45, 7) is 9.76. The van der Waals surface area contributed by atoms with Crippen LogP contribution in [-0.4, -0.2) is 23.9 Å². The molecular formula is C20H32NO3P. The van der Waals surface area contributed by atoms with Crippen LogP contribution >= 0.6 is 8.09 Å². The van der Waals surface area contributed by atoms with Gasteiger partial charge in [0.05, 0.1) is 12.6 Å². The third-order valence-electron chi connectivity index (χ3n) is 4.39. The monoisotopic (exact) mass is 365 g/mol. The Balaban J connectivity index is 2.26. The summed E-state index contributed by atoms with van der Waals surface area (Å²) in [6.07, 6.45) is 7.26. The predicted molar refractivity (Wildman–Crippen MR) is 103 cm³/mol. The SMILES string of the molecule is C/C=C/C(CCCC)N(Cc1ccccc1)[P+]1([O-])OCC(C)(C)CO1. The van der Waals surface area contributed by atoms with Gasteiger partial charge in [0.1, 0.15) is 13.2 Å². The van der Waals surface area contributed by atoms with Gasteiger partial charge in [-0.05, 0) is 18.9 Å². The summed E-state index contributed by atoms with van der Waals surface area (Å²) in [5, 5.41) is 0. The zero-order valence-electron chi connectivity index (χ0n) is 16.0. The lowest BCUT2D eigenvalue weighted by atomic mass is 9.97. The van der Waals surface area contributed by atoms with Gasteiger partial charge < -0.3 is 4.89 Å². The van der Waals surface area contributed by atoms with Crippen molar-refractivity contribution in [1.82, 2.24) is 4.67 Å². The van der Waals surface area contributed by atoms with Crippen LogP contribution in [0.3, 0.4) is 0 Å². The maximum absolute atomic E-state index is 13.6. The van der Waals surface area contributed by atoms with Gasteiger partial charge in [-0.25, -0.2) is 0 Å². The minimum Gasteiger partial charge on any atom is -0.616 e. The molecule has 25 heavy (non-hydrogen) atoms. The Bertz CT molecular complexity index is 537. The maximum atomic E-state index is 13.6. The van der Waals surface area contributed by atoms with Crippen molar-refractivity contribution in [3.63, 3.8) is 0 Å². The molecule has 140 valence electrons. The summed E-state index contributed by atoms with van der Waals surface area (Å²) in [7, 11) is -3.31. The molecule has 1 heterocycles. The minimum atomic E-state index is -3.31. The van der Waals surface area contributed by atoms with E-state index in [0.717, 1.165) is 24.8 Å². The highest BCUT2D eigenvalue weighted by molar-refractivity contribution is 7.56. The molecule has 1 aromatic rings. The highest BCUT2D eigenvalue weighted by Crippen LogP contribution is 2.62. The molecule has 1 aromatic carbocycles. The molecule has 5 heteroatoms. The van der Waals surface area contributed by atoms with Gasteiger partial charge in [0.2, 0.25) is 0 Å². The smallest absolute Gasteiger partial charge is 0.315 e. The Kier molecular flexibility index (Phi) is 7.60. The summed E-state index contributed by atoms with van der Waals surface area (Å²) in [5.74, 6) is 0. The molecule has 1 aliphatic heterocycles. The number of hydrogen-bond donors (Lipinski definition) is 0. The van der Waals surface area contributed by atoms with Gasteiger partial charge in [-0.1, -0.05) is 76.1 Å². The Morgan fingerprint density at radius 1 is 1.24 bits per heavy atom. The fraction of sp³-hybridized carbons (Fsp3) is 0.600. The first-order valence-corrected chi connectivity index (χ1v) is 10.7. The molecule has 0 N–H and O–H groups in total. The molecule has 2 rings (SSSR count). The number of allylic oxidation sites excluding steroid dienone is 1. The third-order valence-corrected chi connectivity index (χ3v) is 6.37. The molecule has 0 amide bonds. The van der Waals surface area contributed by atoms with Crippen LogP contribution in [-0.2, 0) is 15.6 Å². The van der Waals surface area contributed by atoms with Crippen LogP contribution in [0.2, 0.25) is 0 Å². The molecule has 0 spiro atoms. The standard InChI is InChI=1S/C20H32NO3P/c1-5-7-14-19(11-6-2)21(15-18-12-9-8-10-13-18)25(22)23-16-20(3,4)17-24-25/h6,8-13,19H,5,7,14-17H2,1-4H3/b11-6+. The molecular weight excluding hydrogens is 333 g/mol. The van der Waals surface area contributed by atoms with Crippen molar-refractivity contribution < 1.29 is 13.9 Å². The second-order valence-electron chi connectivity index (χ2n) is 7.50. The summed E-state index contributed by atoms with van der Waals surface area (Å²) in [4.78, 5) is 13.6. The van der Waals surface area contributed by atoms with Gasteiger partial charge in [0.25, 0.3) is 0 Å². The van der Waals surface area contributed by atoms with E-state index in [1.54, 1.807) is 0 Å². The molecule has 0 radical (unpaired) electrons. The zero-order valence-corrected chi connectivity index (χ0v) is 16.9. The lowest BCUT2D eigenvalue weighted by molar-refractivity contribution is -0.251. The van der Waals surface area contributed by atoms with E-state index >= 15 is 0 Å². The molecule has 0 aliphatic carbocycles. The maximum Gasteiger partial charge on any atom is 0.315 e. The lowest BCUT2D eigenvalue weighted by Crippen LogP contribution is -2.45. The number of benzene rings is 1. The van der Waals surface area contributed by atoms with Crippen LogP contribution in [0.5, 0.6) is 0 Å². The average molecular weight is 365 g/mol. The van der Waals surface area contributed by atoms with Gasteiger partial charge in [0, 0.05) is 5.41 Å². The van der Waals surface area contributed by atoms with Crippen molar-refractivity contribution in [3.05, 3.63) is 48.0 Å². The van der Waals surface area contributed by atoms with Crippen molar-refractivity contribution in [3.8, 4) is 0 Å². The van der Waals surface area contributed by atoms with Gasteiger partial charge in [-0.2, -0.15) is 9.05 Å². The van der Waals surface area contributed by atoms with Crippen LogP contribution in [0.25, 0.3) is 0 Å². The van der Waals surface area contributed by atoms with Gasteiger partial charge >= 0.3 is 8.09 Å². The molecule has 0 aromatic heterocycles. The molecule has 1 aliphatic rings. The molecule has 4 nitrogen and oxygen atoms in total. The topological polar surface area (TPSA) is 44.8 Å². The highest BCUT2D eigenvalue weighted by atomic mass is 31.2. The van der Waals surface area contributed by atoms with E-state index in [1.807, 2.05) is 35.9 Å². The minimum absolute atomic E-state index is 0.0391.